The van der Waals surface area contributed by atoms with Crippen molar-refractivity contribution >= 4 is 5.96 Å². The molecule has 1 aromatic carbocycles. The van der Waals surface area contributed by atoms with Gasteiger partial charge in [0.05, 0.1) is 12.7 Å². The van der Waals surface area contributed by atoms with Gasteiger partial charge < -0.3 is 15.4 Å². The normalized spacial score (nSPS) is 12.7. The Balaban J connectivity index is 1.75. The van der Waals surface area contributed by atoms with E-state index in [1.165, 1.54) is 17.7 Å². The lowest BCUT2D eigenvalue weighted by molar-refractivity contribution is 0.199. The number of aromatic nitrogens is 2. The number of rotatable bonds is 8. The number of hydrogen-bond acceptors (Lipinski definition) is 3. The van der Waals surface area contributed by atoms with Crippen LogP contribution in [0, 0.1) is 5.82 Å². The summed E-state index contributed by atoms with van der Waals surface area (Å²) < 4.78 is 20.8. The number of nitrogens with one attached hydrogen (secondary N) is 2. The minimum absolute atomic E-state index is 0.0707. The van der Waals surface area contributed by atoms with E-state index in [4.69, 9.17) is 4.74 Å². The van der Waals surface area contributed by atoms with E-state index in [0.29, 0.717) is 18.3 Å². The Morgan fingerprint density at radius 2 is 2.24 bits per heavy atom. The Morgan fingerprint density at radius 3 is 2.88 bits per heavy atom. The Bertz CT molecular complexity index is 686. The molecule has 0 radical (unpaired) electrons. The fraction of sp³-hybridized carbons (Fsp3) is 0.444. The van der Waals surface area contributed by atoms with Gasteiger partial charge in [-0.3, -0.25) is 9.67 Å². The Kier molecular flexibility index (Phi) is 7.25. The van der Waals surface area contributed by atoms with Crippen molar-refractivity contribution in [1.29, 1.82) is 0 Å². The molecule has 1 heterocycles. The molecule has 136 valence electrons. The van der Waals surface area contributed by atoms with Gasteiger partial charge in [0, 0.05) is 32.9 Å². The average Bonchev–Trinajstić information content (AvgIpc) is 3.02. The Morgan fingerprint density at radius 1 is 1.40 bits per heavy atom. The van der Waals surface area contributed by atoms with Gasteiger partial charge in [0.2, 0.25) is 0 Å². The maximum Gasteiger partial charge on any atom is 0.191 e. The van der Waals surface area contributed by atoms with Gasteiger partial charge in [-0.2, -0.15) is 5.10 Å². The first-order valence-corrected chi connectivity index (χ1v) is 8.45. The average molecular weight is 347 g/mol. The van der Waals surface area contributed by atoms with Gasteiger partial charge in [-0.1, -0.05) is 13.0 Å². The lowest BCUT2D eigenvalue weighted by Crippen LogP contribution is -2.43. The molecular formula is C18H26FN5O. The van der Waals surface area contributed by atoms with Crippen LogP contribution >= 0.6 is 0 Å². The highest BCUT2D eigenvalue weighted by atomic mass is 19.1. The van der Waals surface area contributed by atoms with Crippen LogP contribution in [0.1, 0.15) is 18.9 Å². The zero-order valence-corrected chi connectivity index (χ0v) is 15.0. The summed E-state index contributed by atoms with van der Waals surface area (Å²) >= 11 is 0. The fourth-order valence-corrected chi connectivity index (χ4v) is 2.36. The molecule has 0 spiro atoms. The van der Waals surface area contributed by atoms with E-state index in [2.05, 4.69) is 20.7 Å². The predicted octanol–water partition coefficient (Wildman–Crippen LogP) is 2.12. The molecule has 0 aliphatic rings. The van der Waals surface area contributed by atoms with Gasteiger partial charge in [-0.15, -0.1) is 0 Å². The number of ether oxygens (including phenoxy) is 1. The number of nitrogens with zero attached hydrogens (tertiary/aromatic N) is 3. The minimum atomic E-state index is -0.298. The zero-order chi connectivity index (χ0) is 18.1. The number of aryl methyl sites for hydroxylation is 1. The monoisotopic (exact) mass is 347 g/mol. The summed E-state index contributed by atoms with van der Waals surface area (Å²) in [6.45, 7) is 3.37. The van der Waals surface area contributed by atoms with Crippen LogP contribution in [0.2, 0.25) is 0 Å². The van der Waals surface area contributed by atoms with Crippen molar-refractivity contribution in [3.05, 3.63) is 48.0 Å². The van der Waals surface area contributed by atoms with Crippen LogP contribution in [0.25, 0.3) is 0 Å². The first-order valence-electron chi connectivity index (χ1n) is 8.45. The summed E-state index contributed by atoms with van der Waals surface area (Å²) in [4.78, 5) is 4.21. The van der Waals surface area contributed by atoms with Crippen LogP contribution in [-0.2, 0) is 13.5 Å². The van der Waals surface area contributed by atoms with Gasteiger partial charge in [-0.05, 0) is 30.5 Å². The first kappa shape index (κ1) is 18.8. The van der Waals surface area contributed by atoms with Crippen LogP contribution in [0.3, 0.4) is 0 Å². The minimum Gasteiger partial charge on any atom is -0.489 e. The highest BCUT2D eigenvalue weighted by molar-refractivity contribution is 5.79. The van der Waals surface area contributed by atoms with Crippen LogP contribution in [-0.4, -0.2) is 42.0 Å². The Labute approximate surface area is 148 Å². The number of halogens is 1. The second kappa shape index (κ2) is 9.66. The van der Waals surface area contributed by atoms with Crippen molar-refractivity contribution < 1.29 is 9.13 Å². The van der Waals surface area contributed by atoms with Gasteiger partial charge in [0.1, 0.15) is 17.7 Å². The summed E-state index contributed by atoms with van der Waals surface area (Å²) in [5.41, 5.74) is 1.17. The second-order valence-electron chi connectivity index (χ2n) is 5.76. The number of aliphatic imine (C=N–C) groups is 1. The third-order valence-electron chi connectivity index (χ3n) is 3.74. The van der Waals surface area contributed by atoms with E-state index in [1.807, 2.05) is 26.4 Å². The van der Waals surface area contributed by atoms with E-state index in [9.17, 15) is 4.39 Å². The largest absolute Gasteiger partial charge is 0.489 e. The van der Waals surface area contributed by atoms with E-state index in [-0.39, 0.29) is 11.9 Å². The Hall–Kier alpha value is -2.57. The van der Waals surface area contributed by atoms with Crippen LogP contribution in [0.5, 0.6) is 5.75 Å². The molecule has 0 saturated carbocycles. The van der Waals surface area contributed by atoms with Crippen molar-refractivity contribution in [3.8, 4) is 5.75 Å². The molecule has 25 heavy (non-hydrogen) atoms. The van der Waals surface area contributed by atoms with Gasteiger partial charge in [-0.25, -0.2) is 4.39 Å². The van der Waals surface area contributed by atoms with Crippen molar-refractivity contribution in [2.45, 2.75) is 25.9 Å². The lowest BCUT2D eigenvalue weighted by Gasteiger charge is -2.20. The summed E-state index contributed by atoms with van der Waals surface area (Å²) in [6.07, 6.45) is 5.45. The molecule has 0 fully saturated rings. The van der Waals surface area contributed by atoms with Crippen molar-refractivity contribution in [1.82, 2.24) is 20.4 Å². The van der Waals surface area contributed by atoms with E-state index >= 15 is 0 Å². The number of guanidine groups is 1. The predicted molar refractivity (Wildman–Crippen MR) is 97.4 cm³/mol. The molecule has 0 aliphatic carbocycles. The number of hydrogen-bond donors (Lipinski definition) is 2. The van der Waals surface area contributed by atoms with Gasteiger partial charge >= 0.3 is 0 Å². The van der Waals surface area contributed by atoms with Gasteiger partial charge in [0.25, 0.3) is 0 Å². The van der Waals surface area contributed by atoms with Crippen LogP contribution < -0.4 is 15.4 Å². The molecule has 0 saturated heterocycles. The number of benzene rings is 1. The van der Waals surface area contributed by atoms with Crippen molar-refractivity contribution in [2.75, 3.05) is 20.1 Å². The molecule has 2 N–H and O–H groups in total. The fourth-order valence-electron chi connectivity index (χ4n) is 2.36. The molecular weight excluding hydrogens is 321 g/mol. The quantitative estimate of drug-likeness (QED) is 0.567. The molecule has 2 aromatic rings. The topological polar surface area (TPSA) is 63.5 Å². The molecule has 1 unspecified atom stereocenters. The molecule has 7 heteroatoms. The molecule has 0 bridgehead atoms. The van der Waals surface area contributed by atoms with E-state index in [0.717, 1.165) is 19.4 Å². The maximum absolute atomic E-state index is 13.2. The SMILES string of the molecule is CCC(CNC(=NC)NCCc1cnn(C)c1)Oc1cccc(F)c1. The van der Waals surface area contributed by atoms with Crippen molar-refractivity contribution in [2.24, 2.45) is 12.0 Å². The zero-order valence-electron chi connectivity index (χ0n) is 15.0. The summed E-state index contributed by atoms with van der Waals surface area (Å²) in [5.74, 6) is 0.951. The molecule has 1 atom stereocenters. The molecule has 2 rings (SSSR count). The lowest BCUT2D eigenvalue weighted by atomic mass is 10.2. The van der Waals surface area contributed by atoms with E-state index < -0.39 is 0 Å². The highest BCUT2D eigenvalue weighted by Crippen LogP contribution is 2.14. The third kappa shape index (κ3) is 6.45. The summed E-state index contributed by atoms with van der Waals surface area (Å²) in [7, 11) is 3.63. The van der Waals surface area contributed by atoms with Crippen LogP contribution in [0.4, 0.5) is 4.39 Å². The summed E-state index contributed by atoms with van der Waals surface area (Å²) in [5, 5.41) is 10.7. The van der Waals surface area contributed by atoms with E-state index in [1.54, 1.807) is 23.9 Å². The standard InChI is InChI=1S/C18H26FN5O/c1-4-16(25-17-7-5-6-15(19)10-17)12-22-18(20-2)21-9-8-14-11-23-24(3)13-14/h5-7,10-11,13,16H,4,8-9,12H2,1-3H3,(H2,20,21,22). The third-order valence-corrected chi connectivity index (χ3v) is 3.74. The molecule has 1 aromatic heterocycles. The summed E-state index contributed by atoms with van der Waals surface area (Å²) in [6, 6.07) is 6.19. The molecule has 0 aliphatic heterocycles. The molecule has 6 nitrogen and oxygen atoms in total. The van der Waals surface area contributed by atoms with Crippen molar-refractivity contribution in [3.63, 3.8) is 0 Å². The molecule has 0 amide bonds. The van der Waals surface area contributed by atoms with Gasteiger partial charge in [0.15, 0.2) is 5.96 Å². The highest BCUT2D eigenvalue weighted by Gasteiger charge is 2.10. The maximum atomic E-state index is 13.2. The second-order valence-corrected chi connectivity index (χ2v) is 5.76. The first-order chi connectivity index (χ1) is 12.1. The smallest absolute Gasteiger partial charge is 0.191 e. The van der Waals surface area contributed by atoms with Crippen LogP contribution in [0.15, 0.2) is 41.7 Å².